The van der Waals surface area contributed by atoms with E-state index in [2.05, 4.69) is 4.99 Å². The van der Waals surface area contributed by atoms with Crippen molar-refractivity contribution in [2.24, 2.45) is 28.1 Å². The maximum Gasteiger partial charge on any atom is 0.305 e. The summed E-state index contributed by atoms with van der Waals surface area (Å²) in [6.07, 6.45) is 5.48. The number of aliphatic imine (C=N–C) groups is 1. The Labute approximate surface area is 178 Å². The minimum atomic E-state index is -1.37. The predicted octanol–water partition coefficient (Wildman–Crippen LogP) is 0.761. The molecule has 0 saturated heterocycles. The molecular weight excluding hydrogens is 390 g/mol. The molecule has 0 saturated carbocycles. The molecule has 2 atom stereocenters. The highest BCUT2D eigenvalue weighted by molar-refractivity contribution is 6.01. The molecule has 10 nitrogen and oxygen atoms in total. The average molecular weight is 428 g/mol. The Kier molecular flexibility index (Phi) is 14.1. The van der Waals surface area contributed by atoms with Crippen LogP contribution < -0.4 is 17.2 Å². The summed E-state index contributed by atoms with van der Waals surface area (Å²) in [4.78, 5) is 52.5. The van der Waals surface area contributed by atoms with Crippen LogP contribution in [0.3, 0.4) is 0 Å². The van der Waals surface area contributed by atoms with Gasteiger partial charge in [-0.05, 0) is 25.2 Å². The number of nitrogens with zero attached hydrogens (tertiary/aromatic N) is 2. The lowest BCUT2D eigenvalue weighted by Gasteiger charge is -2.29. The Morgan fingerprint density at radius 2 is 1.60 bits per heavy atom. The summed E-state index contributed by atoms with van der Waals surface area (Å²) in [6.45, 7) is 4.33. The minimum absolute atomic E-state index is 0.0675. The molecule has 7 N–H and O–H groups in total. The van der Waals surface area contributed by atoms with Crippen LogP contribution in [0.4, 0.5) is 0 Å². The van der Waals surface area contributed by atoms with E-state index in [4.69, 9.17) is 22.3 Å². The van der Waals surface area contributed by atoms with Gasteiger partial charge in [-0.3, -0.25) is 24.3 Å². The van der Waals surface area contributed by atoms with Crippen molar-refractivity contribution in [3.63, 3.8) is 0 Å². The Morgan fingerprint density at radius 3 is 2.10 bits per heavy atom. The first-order valence-corrected chi connectivity index (χ1v) is 10.4. The van der Waals surface area contributed by atoms with Crippen molar-refractivity contribution >= 4 is 30.0 Å². The van der Waals surface area contributed by atoms with Crippen molar-refractivity contribution in [2.45, 2.75) is 83.7 Å². The monoisotopic (exact) mass is 427 g/mol. The van der Waals surface area contributed by atoms with E-state index in [1.807, 2.05) is 13.8 Å². The molecule has 0 radical (unpaired) electrons. The number of hydrogen-bond acceptors (Lipinski definition) is 6. The Bertz CT molecular complexity index is 590. The Hall–Kier alpha value is -2.49. The quantitative estimate of drug-likeness (QED) is 0.120. The first-order valence-electron chi connectivity index (χ1n) is 10.4. The largest absolute Gasteiger partial charge is 0.481 e. The van der Waals surface area contributed by atoms with E-state index in [-0.39, 0.29) is 18.3 Å². The third-order valence-corrected chi connectivity index (χ3v) is 4.51. The SMILES string of the molecule is CC(C)C[C@@H](C=O)N(C(=O)CCCCCCCCN=C(N)N)C(=O)[C@@H](N)CC(=O)O. The third-order valence-electron chi connectivity index (χ3n) is 4.51. The molecule has 2 amide bonds. The highest BCUT2D eigenvalue weighted by Gasteiger charge is 2.33. The second kappa shape index (κ2) is 15.4. The van der Waals surface area contributed by atoms with Gasteiger partial charge in [0.1, 0.15) is 6.29 Å². The molecule has 0 aliphatic carbocycles. The fourth-order valence-corrected chi connectivity index (χ4v) is 3.05. The lowest BCUT2D eigenvalue weighted by atomic mass is 10.0. The van der Waals surface area contributed by atoms with Crippen LogP contribution in [-0.4, -0.2) is 58.7 Å². The number of carbonyl (C=O) groups excluding carboxylic acids is 3. The molecule has 30 heavy (non-hydrogen) atoms. The number of amides is 2. The molecule has 0 heterocycles. The van der Waals surface area contributed by atoms with Crippen LogP contribution in [0.2, 0.25) is 0 Å². The smallest absolute Gasteiger partial charge is 0.305 e. The van der Waals surface area contributed by atoms with E-state index >= 15 is 0 Å². The number of nitrogens with two attached hydrogens (primary N) is 3. The lowest BCUT2D eigenvalue weighted by Crippen LogP contribution is -2.53. The highest BCUT2D eigenvalue weighted by Crippen LogP contribution is 2.16. The number of carboxylic acid groups (broad SMARTS) is 1. The number of aliphatic carboxylic acids is 1. The third kappa shape index (κ3) is 12.2. The zero-order valence-electron chi connectivity index (χ0n) is 18.1. The molecule has 172 valence electrons. The second-order valence-corrected chi connectivity index (χ2v) is 7.82. The fourth-order valence-electron chi connectivity index (χ4n) is 3.05. The number of carbonyl (C=O) groups is 4. The van der Waals surface area contributed by atoms with Crippen molar-refractivity contribution in [3.8, 4) is 0 Å². The van der Waals surface area contributed by atoms with Gasteiger partial charge in [-0.1, -0.05) is 39.5 Å². The number of carboxylic acids is 1. The van der Waals surface area contributed by atoms with E-state index < -0.39 is 36.3 Å². The van der Waals surface area contributed by atoms with Gasteiger partial charge in [0, 0.05) is 13.0 Å². The minimum Gasteiger partial charge on any atom is -0.481 e. The number of guanidine groups is 1. The summed E-state index contributed by atoms with van der Waals surface area (Å²) in [5.74, 6) is -2.40. The molecule has 0 aromatic heterocycles. The van der Waals surface area contributed by atoms with Gasteiger partial charge in [0.25, 0.3) is 0 Å². The summed E-state index contributed by atoms with van der Waals surface area (Å²) in [5.41, 5.74) is 16.2. The summed E-state index contributed by atoms with van der Waals surface area (Å²) in [5, 5.41) is 8.87. The van der Waals surface area contributed by atoms with Crippen LogP contribution in [0.5, 0.6) is 0 Å². The standard InChI is InChI=1S/C20H37N5O5/c1-14(2)11-15(13-26)25(19(30)16(21)12-18(28)29)17(27)9-7-5-3-4-6-8-10-24-20(22)23/h13-16H,3-12,21H2,1-2H3,(H,28,29)(H4,22,23,24)/t15-,16-/m0/s1. The number of unbranched alkanes of at least 4 members (excludes halogenated alkanes) is 5. The maximum absolute atomic E-state index is 12.7. The van der Waals surface area contributed by atoms with E-state index in [1.165, 1.54) is 0 Å². The summed E-state index contributed by atoms with van der Waals surface area (Å²) in [6, 6.07) is -2.31. The normalized spacial score (nSPS) is 12.8. The van der Waals surface area contributed by atoms with Crippen LogP contribution in [0, 0.1) is 5.92 Å². The first kappa shape index (κ1) is 27.5. The van der Waals surface area contributed by atoms with Gasteiger partial charge in [0.2, 0.25) is 11.8 Å². The number of imide groups is 1. The number of hydrogen-bond donors (Lipinski definition) is 4. The summed E-state index contributed by atoms with van der Waals surface area (Å²) >= 11 is 0. The molecule has 0 rings (SSSR count). The summed E-state index contributed by atoms with van der Waals surface area (Å²) < 4.78 is 0. The van der Waals surface area contributed by atoms with Gasteiger partial charge in [-0.25, -0.2) is 0 Å². The molecule has 0 bridgehead atoms. The van der Waals surface area contributed by atoms with Crippen LogP contribution in [-0.2, 0) is 19.2 Å². The van der Waals surface area contributed by atoms with Crippen molar-refractivity contribution in [2.75, 3.05) is 6.54 Å². The molecular formula is C20H37N5O5. The Morgan fingerprint density at radius 1 is 1.03 bits per heavy atom. The maximum atomic E-state index is 12.7. The number of aldehydes is 1. The zero-order chi connectivity index (χ0) is 23.1. The predicted molar refractivity (Wildman–Crippen MR) is 114 cm³/mol. The van der Waals surface area contributed by atoms with Crippen molar-refractivity contribution < 1.29 is 24.3 Å². The molecule has 10 heteroatoms. The van der Waals surface area contributed by atoms with Crippen molar-refractivity contribution in [1.82, 2.24) is 4.90 Å². The zero-order valence-corrected chi connectivity index (χ0v) is 18.1. The lowest BCUT2D eigenvalue weighted by molar-refractivity contribution is -0.152. The van der Waals surface area contributed by atoms with Crippen molar-refractivity contribution in [1.29, 1.82) is 0 Å². The molecule has 0 aliphatic rings. The topological polar surface area (TPSA) is 182 Å². The second-order valence-electron chi connectivity index (χ2n) is 7.82. The molecule has 0 unspecified atom stereocenters. The molecule has 0 fully saturated rings. The van der Waals surface area contributed by atoms with E-state index in [1.54, 1.807) is 0 Å². The van der Waals surface area contributed by atoms with Crippen LogP contribution in [0.25, 0.3) is 0 Å². The van der Waals surface area contributed by atoms with Crippen molar-refractivity contribution in [3.05, 3.63) is 0 Å². The number of rotatable bonds is 16. The van der Waals surface area contributed by atoms with Crippen LogP contribution in [0.15, 0.2) is 4.99 Å². The first-order chi connectivity index (χ1) is 14.1. The van der Waals surface area contributed by atoms with Gasteiger partial charge >= 0.3 is 5.97 Å². The highest BCUT2D eigenvalue weighted by atomic mass is 16.4. The van der Waals surface area contributed by atoms with Gasteiger partial charge in [-0.2, -0.15) is 0 Å². The molecule has 0 aromatic rings. The van der Waals surface area contributed by atoms with Gasteiger partial charge < -0.3 is 27.1 Å². The van der Waals surface area contributed by atoms with Crippen LogP contribution in [0.1, 0.15) is 71.6 Å². The molecule has 0 spiro atoms. The average Bonchev–Trinajstić information content (AvgIpc) is 2.64. The molecule has 0 aromatic carbocycles. The van der Waals surface area contributed by atoms with Gasteiger partial charge in [0.15, 0.2) is 5.96 Å². The summed E-state index contributed by atoms with van der Waals surface area (Å²) in [7, 11) is 0. The molecule has 0 aliphatic heterocycles. The van der Waals surface area contributed by atoms with Gasteiger partial charge in [-0.15, -0.1) is 0 Å². The van der Waals surface area contributed by atoms with E-state index in [9.17, 15) is 19.2 Å². The van der Waals surface area contributed by atoms with Gasteiger partial charge in [0.05, 0.1) is 18.5 Å². The fraction of sp³-hybridized carbons (Fsp3) is 0.750. The van der Waals surface area contributed by atoms with E-state index in [0.717, 1.165) is 37.0 Å². The van der Waals surface area contributed by atoms with Crippen LogP contribution >= 0.6 is 0 Å². The Balaban J connectivity index is 4.70. The van der Waals surface area contributed by atoms with E-state index in [0.29, 0.717) is 25.7 Å².